The van der Waals surface area contributed by atoms with Gasteiger partial charge in [-0.1, -0.05) is 26.0 Å². The van der Waals surface area contributed by atoms with Gasteiger partial charge in [0.05, 0.1) is 12.2 Å². The van der Waals surface area contributed by atoms with Crippen LogP contribution in [0.3, 0.4) is 0 Å². The van der Waals surface area contributed by atoms with Crippen LogP contribution in [0.5, 0.6) is 5.75 Å². The molecule has 0 bridgehead atoms. The van der Waals surface area contributed by atoms with Gasteiger partial charge in [0.1, 0.15) is 5.75 Å². The fourth-order valence-corrected chi connectivity index (χ4v) is 3.92. The maximum Gasteiger partial charge on any atom is 0.336 e. The molecule has 0 amide bonds. The van der Waals surface area contributed by atoms with Crippen LogP contribution in [0.1, 0.15) is 52.0 Å². The second-order valence-corrected chi connectivity index (χ2v) is 7.74. The minimum absolute atomic E-state index is 0.0520. The second-order valence-electron chi connectivity index (χ2n) is 7.74. The molecule has 26 heavy (non-hydrogen) atoms. The minimum Gasteiger partial charge on any atom is -0.508 e. The summed E-state index contributed by atoms with van der Waals surface area (Å²) >= 11 is 0. The van der Waals surface area contributed by atoms with Crippen molar-refractivity contribution >= 4 is 11.8 Å². The molecular weight excluding hydrogens is 330 g/mol. The van der Waals surface area contributed by atoms with Crippen molar-refractivity contribution in [3.63, 3.8) is 0 Å². The molecule has 2 aliphatic rings. The molecule has 1 atom stereocenters. The Morgan fingerprint density at radius 3 is 2.54 bits per heavy atom. The summed E-state index contributed by atoms with van der Waals surface area (Å²) in [5, 5.41) is 12.9. The summed E-state index contributed by atoms with van der Waals surface area (Å²) < 4.78 is 5.26. The zero-order valence-electron chi connectivity index (χ0n) is 15.7. The summed E-state index contributed by atoms with van der Waals surface area (Å²) in [5.41, 5.74) is 3.38. The standard InChI is InChI=1S/C21H25NO4/c1-5-26-20(25)17-12(2)22-15-10-21(3,4)11-16(24)19(15)18(17)13-6-8-14(23)9-7-13/h6-9,18,22-23H,5,10-11H2,1-4H3/t18-/m0/s1. The molecule has 0 spiro atoms. The molecule has 5 nitrogen and oxygen atoms in total. The van der Waals surface area contributed by atoms with Crippen LogP contribution in [0.2, 0.25) is 0 Å². The number of phenols is 1. The number of Topliss-reactive ketones (excluding diaryl/α,β-unsaturated/α-hetero) is 1. The smallest absolute Gasteiger partial charge is 0.336 e. The maximum atomic E-state index is 13.0. The first-order chi connectivity index (χ1) is 12.2. The van der Waals surface area contributed by atoms with E-state index in [-0.39, 0.29) is 23.6 Å². The molecule has 1 aliphatic carbocycles. The van der Waals surface area contributed by atoms with Crippen molar-refractivity contribution in [1.82, 2.24) is 5.32 Å². The summed E-state index contributed by atoms with van der Waals surface area (Å²) in [7, 11) is 0. The van der Waals surface area contributed by atoms with Crippen molar-refractivity contribution in [2.45, 2.75) is 46.5 Å². The number of benzene rings is 1. The molecular formula is C21H25NO4. The van der Waals surface area contributed by atoms with Crippen LogP contribution in [0.15, 0.2) is 46.8 Å². The molecule has 0 radical (unpaired) electrons. The SMILES string of the molecule is CCOC(=O)C1=C(C)NC2=C(C(=O)CC(C)(C)C2)[C@H]1c1ccc(O)cc1. The molecule has 0 saturated carbocycles. The van der Waals surface area contributed by atoms with Gasteiger partial charge in [-0.2, -0.15) is 0 Å². The average Bonchev–Trinajstić information content (AvgIpc) is 2.53. The van der Waals surface area contributed by atoms with Crippen molar-refractivity contribution in [3.05, 3.63) is 52.4 Å². The van der Waals surface area contributed by atoms with Crippen LogP contribution in [-0.2, 0) is 14.3 Å². The molecule has 1 aromatic carbocycles. The van der Waals surface area contributed by atoms with Crippen molar-refractivity contribution in [1.29, 1.82) is 0 Å². The highest BCUT2D eigenvalue weighted by atomic mass is 16.5. The van der Waals surface area contributed by atoms with E-state index in [0.717, 1.165) is 17.7 Å². The molecule has 0 aromatic heterocycles. The number of rotatable bonds is 3. The minimum atomic E-state index is -0.477. The van der Waals surface area contributed by atoms with Crippen molar-refractivity contribution in [2.24, 2.45) is 5.41 Å². The Morgan fingerprint density at radius 1 is 1.27 bits per heavy atom. The predicted molar refractivity (Wildman–Crippen MR) is 98.4 cm³/mol. The fourth-order valence-electron chi connectivity index (χ4n) is 3.92. The number of esters is 1. The average molecular weight is 355 g/mol. The van der Waals surface area contributed by atoms with E-state index in [1.807, 2.05) is 6.92 Å². The van der Waals surface area contributed by atoms with Gasteiger partial charge in [-0.25, -0.2) is 4.79 Å². The van der Waals surface area contributed by atoms with Gasteiger partial charge in [0.2, 0.25) is 0 Å². The quantitative estimate of drug-likeness (QED) is 0.811. The van der Waals surface area contributed by atoms with E-state index in [2.05, 4.69) is 19.2 Å². The zero-order chi connectivity index (χ0) is 19.1. The van der Waals surface area contributed by atoms with E-state index < -0.39 is 11.9 Å². The number of ether oxygens (including phenoxy) is 1. The fraction of sp³-hybridized carbons (Fsp3) is 0.429. The maximum absolute atomic E-state index is 13.0. The number of carbonyl (C=O) groups is 2. The third-order valence-electron chi connectivity index (χ3n) is 4.96. The first-order valence-electron chi connectivity index (χ1n) is 8.93. The number of hydrogen-bond donors (Lipinski definition) is 2. The second kappa shape index (κ2) is 6.63. The number of allylic oxidation sites excluding steroid dienone is 3. The van der Waals surface area contributed by atoms with Crippen LogP contribution in [0.25, 0.3) is 0 Å². The topological polar surface area (TPSA) is 75.6 Å². The number of aromatic hydroxyl groups is 1. The number of hydrogen-bond acceptors (Lipinski definition) is 5. The highest BCUT2D eigenvalue weighted by Crippen LogP contribution is 2.46. The van der Waals surface area contributed by atoms with E-state index in [0.29, 0.717) is 23.3 Å². The molecule has 0 unspecified atom stereocenters. The molecule has 1 aliphatic heterocycles. The van der Waals surface area contributed by atoms with Gasteiger partial charge in [0.15, 0.2) is 5.78 Å². The van der Waals surface area contributed by atoms with Crippen molar-refractivity contribution in [2.75, 3.05) is 6.61 Å². The van der Waals surface area contributed by atoms with Crippen LogP contribution in [0, 0.1) is 5.41 Å². The van der Waals surface area contributed by atoms with Crippen molar-refractivity contribution < 1.29 is 19.4 Å². The Bertz CT molecular complexity index is 815. The predicted octanol–water partition coefficient (Wildman–Crippen LogP) is 3.56. The Labute approximate surface area is 153 Å². The summed E-state index contributed by atoms with van der Waals surface area (Å²) in [6.45, 7) is 8.02. The molecule has 138 valence electrons. The zero-order valence-corrected chi connectivity index (χ0v) is 15.7. The van der Waals surface area contributed by atoms with Crippen LogP contribution >= 0.6 is 0 Å². The molecule has 5 heteroatoms. The third kappa shape index (κ3) is 3.26. The van der Waals surface area contributed by atoms with Crippen molar-refractivity contribution in [3.8, 4) is 5.75 Å². The monoisotopic (exact) mass is 355 g/mol. The van der Waals surface area contributed by atoms with E-state index in [1.165, 1.54) is 0 Å². The molecule has 0 fully saturated rings. The van der Waals surface area contributed by atoms with Gasteiger partial charge < -0.3 is 15.2 Å². The van der Waals surface area contributed by atoms with Gasteiger partial charge in [0.25, 0.3) is 0 Å². The third-order valence-corrected chi connectivity index (χ3v) is 4.96. The molecule has 0 saturated heterocycles. The molecule has 1 aromatic rings. The Hall–Kier alpha value is -2.56. The lowest BCUT2D eigenvalue weighted by Crippen LogP contribution is -2.38. The number of carbonyl (C=O) groups excluding carboxylic acids is 2. The summed E-state index contributed by atoms with van der Waals surface area (Å²) in [6.07, 6.45) is 1.19. The number of dihydropyridines is 1. The normalized spacial score (nSPS) is 22.0. The van der Waals surface area contributed by atoms with E-state index in [1.54, 1.807) is 31.2 Å². The number of nitrogens with one attached hydrogen (secondary N) is 1. The van der Waals surface area contributed by atoms with Gasteiger partial charge in [-0.15, -0.1) is 0 Å². The van der Waals surface area contributed by atoms with E-state index in [9.17, 15) is 14.7 Å². The van der Waals surface area contributed by atoms with E-state index in [4.69, 9.17) is 4.74 Å². The van der Waals surface area contributed by atoms with Crippen LogP contribution in [-0.4, -0.2) is 23.5 Å². The highest BCUT2D eigenvalue weighted by Gasteiger charge is 2.43. The van der Waals surface area contributed by atoms with Gasteiger partial charge in [0, 0.05) is 29.3 Å². The van der Waals surface area contributed by atoms with Crippen LogP contribution in [0.4, 0.5) is 0 Å². The largest absolute Gasteiger partial charge is 0.508 e. The Kier molecular flexibility index (Phi) is 4.65. The summed E-state index contributed by atoms with van der Waals surface area (Å²) in [4.78, 5) is 25.7. The molecule has 1 heterocycles. The lowest BCUT2D eigenvalue weighted by atomic mass is 9.68. The molecule has 3 rings (SSSR count). The van der Waals surface area contributed by atoms with E-state index >= 15 is 0 Å². The number of phenolic OH excluding ortho intramolecular Hbond substituents is 1. The summed E-state index contributed by atoms with van der Waals surface area (Å²) in [6, 6.07) is 6.67. The Morgan fingerprint density at radius 2 is 1.92 bits per heavy atom. The van der Waals surface area contributed by atoms with Crippen LogP contribution < -0.4 is 5.32 Å². The van der Waals surface area contributed by atoms with Gasteiger partial charge >= 0.3 is 5.97 Å². The number of ketones is 1. The lowest BCUT2D eigenvalue weighted by molar-refractivity contribution is -0.138. The van der Waals surface area contributed by atoms with Gasteiger partial charge in [-0.05, 0) is 43.4 Å². The lowest BCUT2D eigenvalue weighted by Gasteiger charge is -2.39. The highest BCUT2D eigenvalue weighted by molar-refractivity contribution is 6.04. The molecule has 2 N–H and O–H groups in total. The first-order valence-corrected chi connectivity index (χ1v) is 8.93. The Balaban J connectivity index is 2.17. The summed E-state index contributed by atoms with van der Waals surface area (Å²) in [5.74, 6) is -0.697. The van der Waals surface area contributed by atoms with Gasteiger partial charge in [-0.3, -0.25) is 4.79 Å². The first kappa shape index (κ1) is 18.2.